The Morgan fingerprint density at radius 2 is 1.85 bits per heavy atom. The largest absolute Gasteiger partial charge is 0.314 e. The van der Waals surface area contributed by atoms with Crippen LogP contribution >= 0.6 is 0 Å². The molecule has 0 atom stereocenters. The highest BCUT2D eigenvalue weighted by Crippen LogP contribution is 2.29. The van der Waals surface area contributed by atoms with Crippen LogP contribution in [0.15, 0.2) is 30.3 Å². The molecule has 0 aromatic heterocycles. The van der Waals surface area contributed by atoms with E-state index in [-0.39, 0.29) is 12.1 Å². The minimum atomic E-state index is -2.76. The Balaban J connectivity index is 1.83. The van der Waals surface area contributed by atoms with E-state index in [2.05, 4.69) is 12.2 Å². The number of halogens is 2. The molecule has 0 radical (unpaired) electrons. The van der Waals surface area contributed by atoms with E-state index in [1.165, 1.54) is 12.1 Å². The van der Waals surface area contributed by atoms with Crippen LogP contribution in [-0.4, -0.2) is 37.1 Å². The topological polar surface area (TPSA) is 15.3 Å². The Morgan fingerprint density at radius 3 is 2.45 bits per heavy atom. The molecule has 0 unspecified atom stereocenters. The lowest BCUT2D eigenvalue weighted by molar-refractivity contribution is -0.0431. The quantitative estimate of drug-likeness (QED) is 0.861. The van der Waals surface area contributed by atoms with Crippen LogP contribution in [0.5, 0.6) is 0 Å². The maximum atomic E-state index is 14.2. The fourth-order valence-electron chi connectivity index (χ4n) is 2.70. The summed E-state index contributed by atoms with van der Waals surface area (Å²) >= 11 is 0. The van der Waals surface area contributed by atoms with Crippen LogP contribution in [-0.2, 0) is 5.92 Å². The van der Waals surface area contributed by atoms with E-state index < -0.39 is 5.92 Å². The maximum absolute atomic E-state index is 14.2. The van der Waals surface area contributed by atoms with Gasteiger partial charge in [0, 0.05) is 11.6 Å². The molecule has 20 heavy (non-hydrogen) atoms. The number of likely N-dealkylation sites (tertiary alicyclic amines) is 1. The summed E-state index contributed by atoms with van der Waals surface area (Å²) < 4.78 is 28.4. The van der Waals surface area contributed by atoms with Crippen molar-refractivity contribution < 1.29 is 8.78 Å². The van der Waals surface area contributed by atoms with Crippen molar-refractivity contribution in [3.05, 3.63) is 35.9 Å². The highest BCUT2D eigenvalue weighted by atomic mass is 19.3. The molecule has 0 saturated carbocycles. The van der Waals surface area contributed by atoms with E-state index >= 15 is 0 Å². The molecule has 1 N–H and O–H groups in total. The van der Waals surface area contributed by atoms with Gasteiger partial charge < -0.3 is 5.32 Å². The number of hydrogen-bond donors (Lipinski definition) is 1. The monoisotopic (exact) mass is 282 g/mol. The lowest BCUT2D eigenvalue weighted by Gasteiger charge is -2.34. The van der Waals surface area contributed by atoms with Gasteiger partial charge in [0.05, 0.1) is 6.54 Å². The fourth-order valence-corrected chi connectivity index (χ4v) is 2.70. The third-order valence-electron chi connectivity index (χ3n) is 3.89. The first-order valence-corrected chi connectivity index (χ1v) is 7.51. The Bertz CT molecular complexity index is 387. The predicted octanol–water partition coefficient (Wildman–Crippen LogP) is 3.24. The molecule has 2 nitrogen and oxygen atoms in total. The lowest BCUT2D eigenvalue weighted by Crippen LogP contribution is -2.45. The minimum absolute atomic E-state index is 0.117. The maximum Gasteiger partial charge on any atom is 0.285 e. The van der Waals surface area contributed by atoms with E-state index in [4.69, 9.17) is 0 Å². The van der Waals surface area contributed by atoms with Crippen LogP contribution in [0.25, 0.3) is 0 Å². The average molecular weight is 282 g/mol. The molecule has 2 rings (SSSR count). The fraction of sp³-hybridized carbons (Fsp3) is 0.625. The van der Waals surface area contributed by atoms with E-state index in [9.17, 15) is 8.78 Å². The molecule has 1 fully saturated rings. The van der Waals surface area contributed by atoms with E-state index in [0.29, 0.717) is 6.04 Å². The molecule has 1 saturated heterocycles. The number of piperidine rings is 1. The standard InChI is InChI=1S/C16H24F2N2/c1-2-10-19-15-8-11-20(12-9-15)13-16(17,18)14-6-4-3-5-7-14/h3-7,15,19H,2,8-13H2,1H3. The lowest BCUT2D eigenvalue weighted by atomic mass is 10.0. The summed E-state index contributed by atoms with van der Waals surface area (Å²) in [5.41, 5.74) is 0.117. The van der Waals surface area contributed by atoms with Crippen LogP contribution in [0.2, 0.25) is 0 Å². The molecule has 0 amide bonds. The summed E-state index contributed by atoms with van der Waals surface area (Å²) in [5, 5.41) is 3.47. The molecule has 1 heterocycles. The van der Waals surface area contributed by atoms with Crippen molar-refractivity contribution >= 4 is 0 Å². The van der Waals surface area contributed by atoms with Gasteiger partial charge in [-0.25, -0.2) is 0 Å². The highest BCUT2D eigenvalue weighted by molar-refractivity contribution is 5.20. The third-order valence-corrected chi connectivity index (χ3v) is 3.89. The molecule has 1 aliphatic heterocycles. The van der Waals surface area contributed by atoms with Gasteiger partial charge in [-0.15, -0.1) is 0 Å². The number of hydrogen-bond acceptors (Lipinski definition) is 2. The predicted molar refractivity (Wildman–Crippen MR) is 78.1 cm³/mol. The summed E-state index contributed by atoms with van der Waals surface area (Å²) in [5.74, 6) is -2.76. The van der Waals surface area contributed by atoms with Crippen molar-refractivity contribution in [3.63, 3.8) is 0 Å². The zero-order valence-electron chi connectivity index (χ0n) is 12.1. The highest BCUT2D eigenvalue weighted by Gasteiger charge is 2.34. The summed E-state index contributed by atoms with van der Waals surface area (Å²) in [4.78, 5) is 1.89. The third kappa shape index (κ3) is 4.25. The molecule has 1 aliphatic rings. The van der Waals surface area contributed by atoms with Gasteiger partial charge in [0.25, 0.3) is 5.92 Å². The summed E-state index contributed by atoms with van der Waals surface area (Å²) in [7, 11) is 0. The van der Waals surface area contributed by atoms with Gasteiger partial charge in [-0.05, 0) is 38.9 Å². The Labute approximate surface area is 120 Å². The molecule has 0 aliphatic carbocycles. The first-order chi connectivity index (χ1) is 9.62. The van der Waals surface area contributed by atoms with Gasteiger partial charge >= 0.3 is 0 Å². The van der Waals surface area contributed by atoms with Crippen molar-refractivity contribution in [2.45, 2.75) is 38.2 Å². The smallest absolute Gasteiger partial charge is 0.285 e. The van der Waals surface area contributed by atoms with E-state index in [0.717, 1.165) is 38.9 Å². The molecule has 1 aromatic carbocycles. The Kier molecular flexibility index (Phi) is 5.49. The molecule has 112 valence electrons. The van der Waals surface area contributed by atoms with E-state index in [1.807, 2.05) is 4.90 Å². The average Bonchev–Trinajstić information content (AvgIpc) is 2.47. The van der Waals surface area contributed by atoms with Gasteiger partial charge in [-0.1, -0.05) is 37.3 Å². The minimum Gasteiger partial charge on any atom is -0.314 e. The van der Waals surface area contributed by atoms with Crippen molar-refractivity contribution in [2.24, 2.45) is 0 Å². The van der Waals surface area contributed by atoms with Crippen molar-refractivity contribution in [3.8, 4) is 0 Å². The van der Waals surface area contributed by atoms with Gasteiger partial charge in [-0.3, -0.25) is 4.90 Å². The molecule has 0 spiro atoms. The molecular formula is C16H24F2N2. The van der Waals surface area contributed by atoms with E-state index in [1.54, 1.807) is 18.2 Å². The van der Waals surface area contributed by atoms with Crippen LogP contribution in [0.3, 0.4) is 0 Å². The normalized spacial score (nSPS) is 18.4. The molecule has 4 heteroatoms. The Morgan fingerprint density at radius 1 is 1.20 bits per heavy atom. The SMILES string of the molecule is CCCNC1CCN(CC(F)(F)c2ccccc2)CC1. The van der Waals surface area contributed by atoms with Gasteiger partial charge in [0.1, 0.15) is 0 Å². The molecule has 1 aromatic rings. The first-order valence-electron chi connectivity index (χ1n) is 7.51. The summed E-state index contributed by atoms with van der Waals surface area (Å²) in [6.07, 6.45) is 3.04. The number of rotatable bonds is 6. The second-order valence-corrected chi connectivity index (χ2v) is 5.58. The van der Waals surface area contributed by atoms with Gasteiger partial charge in [0.2, 0.25) is 0 Å². The zero-order chi connectivity index (χ0) is 14.4. The number of nitrogens with one attached hydrogen (secondary N) is 1. The van der Waals surface area contributed by atoms with Crippen LogP contribution < -0.4 is 5.32 Å². The Hall–Kier alpha value is -1.00. The van der Waals surface area contributed by atoms with Crippen molar-refractivity contribution in [1.82, 2.24) is 10.2 Å². The molecule has 0 bridgehead atoms. The number of benzene rings is 1. The van der Waals surface area contributed by atoms with Crippen molar-refractivity contribution in [1.29, 1.82) is 0 Å². The number of nitrogens with zero attached hydrogens (tertiary/aromatic N) is 1. The second kappa shape index (κ2) is 7.14. The van der Waals surface area contributed by atoms with Crippen LogP contribution in [0.1, 0.15) is 31.7 Å². The zero-order valence-corrected chi connectivity index (χ0v) is 12.1. The van der Waals surface area contributed by atoms with Crippen molar-refractivity contribution in [2.75, 3.05) is 26.2 Å². The molecular weight excluding hydrogens is 258 g/mol. The van der Waals surface area contributed by atoms with Crippen LogP contribution in [0, 0.1) is 0 Å². The van der Waals surface area contributed by atoms with Crippen LogP contribution in [0.4, 0.5) is 8.78 Å². The second-order valence-electron chi connectivity index (χ2n) is 5.58. The van der Waals surface area contributed by atoms with Gasteiger partial charge in [-0.2, -0.15) is 8.78 Å². The summed E-state index contributed by atoms with van der Waals surface area (Å²) in [6.45, 7) is 4.50. The number of alkyl halides is 2. The first kappa shape index (κ1) is 15.4. The summed E-state index contributed by atoms with van der Waals surface area (Å²) in [6, 6.07) is 8.63. The van der Waals surface area contributed by atoms with Gasteiger partial charge in [0.15, 0.2) is 0 Å².